The van der Waals surface area contributed by atoms with Crippen LogP contribution in [0.3, 0.4) is 0 Å². The molecule has 1 atom stereocenters. The Labute approximate surface area is 211 Å². The normalized spacial score (nSPS) is 15.7. The number of H-pyrrole nitrogens is 1. The van der Waals surface area contributed by atoms with E-state index in [-0.39, 0.29) is 24.5 Å². The molecule has 1 aromatic heterocycles. The molecule has 0 spiro atoms. The lowest BCUT2D eigenvalue weighted by molar-refractivity contribution is -0.119. The Bertz CT molecular complexity index is 1520. The lowest BCUT2D eigenvalue weighted by Crippen LogP contribution is -2.23. The van der Waals surface area contributed by atoms with Gasteiger partial charge >= 0.3 is 5.69 Å². The fourth-order valence-corrected chi connectivity index (χ4v) is 4.92. The number of nitrogens with zero attached hydrogens (tertiary/aromatic N) is 2. The molecule has 1 aliphatic rings. The summed E-state index contributed by atoms with van der Waals surface area (Å²) in [4.78, 5) is 33.6. The average molecular weight is 508 g/mol. The highest BCUT2D eigenvalue weighted by atomic mass is 35.5. The number of Topliss-reactive ketones (excluding diaryl/α,β-unsaturated/α-hetero) is 1. The van der Waals surface area contributed by atoms with Crippen LogP contribution in [0.15, 0.2) is 70.5 Å². The number of aromatic nitrogens is 2. The number of carbonyl (C=O) groups excluding carboxylic acids is 1. The van der Waals surface area contributed by atoms with Crippen LogP contribution in [0.2, 0.25) is 10.0 Å². The monoisotopic (exact) mass is 507 g/mol. The van der Waals surface area contributed by atoms with E-state index >= 15 is 0 Å². The number of halogens is 2. The summed E-state index contributed by atoms with van der Waals surface area (Å²) >= 11 is 12.7. The van der Waals surface area contributed by atoms with Crippen molar-refractivity contribution in [1.29, 1.82) is 0 Å². The van der Waals surface area contributed by atoms with Gasteiger partial charge in [0.25, 0.3) is 0 Å². The van der Waals surface area contributed by atoms with E-state index in [0.717, 1.165) is 22.3 Å². The van der Waals surface area contributed by atoms with Gasteiger partial charge in [0.1, 0.15) is 6.04 Å². The molecule has 4 aromatic rings. The summed E-state index contributed by atoms with van der Waals surface area (Å²) in [5, 5.41) is 10.4. The van der Waals surface area contributed by atoms with E-state index in [1.165, 1.54) is 0 Å². The maximum atomic E-state index is 13.3. The van der Waals surface area contributed by atoms with Crippen molar-refractivity contribution < 1.29 is 9.90 Å². The third-order valence-electron chi connectivity index (χ3n) is 6.31. The number of aliphatic imine (C=N–C) groups is 1. The number of ketones is 1. The number of carbonyl (C=O) groups is 1. The van der Waals surface area contributed by atoms with E-state index in [1.807, 2.05) is 54.6 Å². The second-order valence-electron chi connectivity index (χ2n) is 8.62. The molecule has 0 saturated carbocycles. The predicted molar refractivity (Wildman–Crippen MR) is 139 cm³/mol. The molecule has 2 heterocycles. The first-order chi connectivity index (χ1) is 16.9. The highest BCUT2D eigenvalue weighted by Crippen LogP contribution is 2.28. The summed E-state index contributed by atoms with van der Waals surface area (Å²) in [7, 11) is 0. The van der Waals surface area contributed by atoms with Crippen LogP contribution in [0, 0.1) is 0 Å². The van der Waals surface area contributed by atoms with Gasteiger partial charge in [0.05, 0.1) is 16.7 Å². The number of aliphatic hydroxyl groups excluding tert-OH is 1. The van der Waals surface area contributed by atoms with E-state index in [0.29, 0.717) is 46.2 Å². The minimum absolute atomic E-state index is 0.00562. The fraction of sp³-hybridized carbons (Fsp3) is 0.222. The van der Waals surface area contributed by atoms with Gasteiger partial charge in [0, 0.05) is 47.2 Å². The number of imidazole rings is 1. The van der Waals surface area contributed by atoms with Crippen molar-refractivity contribution in [2.24, 2.45) is 4.99 Å². The highest BCUT2D eigenvalue weighted by molar-refractivity contribution is 6.32. The standard InChI is InChI=1S/C27H23Cl2N3O3/c28-19-8-6-16-14-25(34)23(12-17-4-1-2-5-21(17)29)30-26(20(16)15-19)18-7-9-22-24(13-18)32(10-3-11-33)27(35)31-22/h1-2,4-9,13,15,23,33H,3,10-12,14H2,(H,31,35)/t23-/m0/s1. The second-order valence-corrected chi connectivity index (χ2v) is 9.47. The molecule has 8 heteroatoms. The number of benzene rings is 3. The molecular formula is C27H23Cl2N3O3. The van der Waals surface area contributed by atoms with Gasteiger partial charge in [-0.2, -0.15) is 0 Å². The Hall–Kier alpha value is -3.19. The molecule has 0 amide bonds. The maximum Gasteiger partial charge on any atom is 0.326 e. The van der Waals surface area contributed by atoms with Gasteiger partial charge in [-0.05, 0) is 47.9 Å². The molecular weight excluding hydrogens is 485 g/mol. The van der Waals surface area contributed by atoms with E-state index < -0.39 is 6.04 Å². The first kappa shape index (κ1) is 23.5. The number of aliphatic hydroxyl groups is 1. The van der Waals surface area contributed by atoms with Gasteiger partial charge < -0.3 is 10.1 Å². The van der Waals surface area contributed by atoms with Crippen molar-refractivity contribution >= 4 is 45.7 Å². The van der Waals surface area contributed by atoms with Gasteiger partial charge in [-0.1, -0.05) is 53.5 Å². The molecule has 0 radical (unpaired) electrons. The van der Waals surface area contributed by atoms with Crippen LogP contribution >= 0.6 is 23.2 Å². The summed E-state index contributed by atoms with van der Waals surface area (Å²) in [5.74, 6) is 0.00562. The highest BCUT2D eigenvalue weighted by Gasteiger charge is 2.27. The summed E-state index contributed by atoms with van der Waals surface area (Å²) in [6.07, 6.45) is 1.09. The third kappa shape index (κ3) is 4.69. The molecule has 5 rings (SSSR count). The molecule has 35 heavy (non-hydrogen) atoms. The van der Waals surface area contributed by atoms with Gasteiger partial charge in [-0.25, -0.2) is 4.79 Å². The van der Waals surface area contributed by atoms with Crippen molar-refractivity contribution in [1.82, 2.24) is 9.55 Å². The zero-order valence-electron chi connectivity index (χ0n) is 18.8. The molecule has 3 aromatic carbocycles. The van der Waals surface area contributed by atoms with Crippen LogP contribution in [-0.4, -0.2) is 38.8 Å². The Morgan fingerprint density at radius 3 is 2.69 bits per heavy atom. The molecule has 0 aliphatic carbocycles. The Kier molecular flexibility index (Phi) is 6.60. The molecule has 0 fully saturated rings. The number of hydrogen-bond donors (Lipinski definition) is 2. The summed E-state index contributed by atoms with van der Waals surface area (Å²) in [5.41, 5.74) is 5.11. The predicted octanol–water partition coefficient (Wildman–Crippen LogP) is 4.59. The van der Waals surface area contributed by atoms with Crippen LogP contribution in [0.25, 0.3) is 11.0 Å². The molecule has 0 bridgehead atoms. The molecule has 0 unspecified atom stereocenters. The maximum absolute atomic E-state index is 13.3. The largest absolute Gasteiger partial charge is 0.396 e. The van der Waals surface area contributed by atoms with Crippen molar-refractivity contribution in [3.05, 3.63) is 103 Å². The Morgan fingerprint density at radius 2 is 1.89 bits per heavy atom. The smallest absolute Gasteiger partial charge is 0.326 e. The number of rotatable bonds is 6. The van der Waals surface area contributed by atoms with Crippen LogP contribution in [0.1, 0.15) is 28.7 Å². The van der Waals surface area contributed by atoms with Crippen LogP contribution in [0.5, 0.6) is 0 Å². The van der Waals surface area contributed by atoms with Crippen molar-refractivity contribution in [3.8, 4) is 0 Å². The molecule has 2 N–H and O–H groups in total. The molecule has 0 saturated heterocycles. The van der Waals surface area contributed by atoms with E-state index in [1.54, 1.807) is 10.6 Å². The van der Waals surface area contributed by atoms with Gasteiger partial charge in [-0.3, -0.25) is 14.4 Å². The van der Waals surface area contributed by atoms with Gasteiger partial charge in [0.2, 0.25) is 0 Å². The zero-order chi connectivity index (χ0) is 24.5. The van der Waals surface area contributed by atoms with Crippen LogP contribution in [0.4, 0.5) is 0 Å². The minimum atomic E-state index is -0.616. The quantitative estimate of drug-likeness (QED) is 0.400. The SMILES string of the molecule is O=C1Cc2ccc(Cl)cc2C(c2ccc3[nH]c(=O)n(CCCO)c3c2)=N[C@H]1Cc1ccccc1Cl. The first-order valence-electron chi connectivity index (χ1n) is 11.4. The topological polar surface area (TPSA) is 87.5 Å². The Balaban J connectivity index is 1.67. The van der Waals surface area contributed by atoms with Gasteiger partial charge in [-0.15, -0.1) is 0 Å². The summed E-state index contributed by atoms with van der Waals surface area (Å²) < 4.78 is 1.61. The Morgan fingerprint density at radius 1 is 1.06 bits per heavy atom. The number of nitrogens with one attached hydrogen (secondary N) is 1. The summed E-state index contributed by atoms with van der Waals surface area (Å²) in [6, 6.07) is 18.0. The third-order valence-corrected chi connectivity index (χ3v) is 6.91. The molecule has 6 nitrogen and oxygen atoms in total. The number of fused-ring (bicyclic) bond motifs is 2. The minimum Gasteiger partial charge on any atom is -0.396 e. The van der Waals surface area contributed by atoms with Crippen molar-refractivity contribution in [3.63, 3.8) is 0 Å². The lowest BCUT2D eigenvalue weighted by atomic mass is 9.95. The van der Waals surface area contributed by atoms with Crippen LogP contribution < -0.4 is 5.69 Å². The fourth-order valence-electron chi connectivity index (χ4n) is 4.54. The van der Waals surface area contributed by atoms with Crippen molar-refractivity contribution in [2.75, 3.05) is 6.61 Å². The number of hydrogen-bond acceptors (Lipinski definition) is 4. The average Bonchev–Trinajstić information content (AvgIpc) is 3.09. The number of aryl methyl sites for hydroxylation is 1. The summed E-state index contributed by atoms with van der Waals surface area (Å²) in [6.45, 7) is 0.379. The van der Waals surface area contributed by atoms with E-state index in [2.05, 4.69) is 4.98 Å². The number of aromatic amines is 1. The molecule has 1 aliphatic heterocycles. The second kappa shape index (κ2) is 9.82. The first-order valence-corrected chi connectivity index (χ1v) is 12.2. The van der Waals surface area contributed by atoms with Gasteiger partial charge in [0.15, 0.2) is 5.78 Å². The van der Waals surface area contributed by atoms with Crippen molar-refractivity contribution in [2.45, 2.75) is 31.8 Å². The zero-order valence-corrected chi connectivity index (χ0v) is 20.3. The molecule has 178 valence electrons. The van der Waals surface area contributed by atoms with E-state index in [9.17, 15) is 14.7 Å². The van der Waals surface area contributed by atoms with Crippen LogP contribution in [-0.2, 0) is 24.2 Å². The lowest BCUT2D eigenvalue weighted by Gasteiger charge is -2.13. The van der Waals surface area contributed by atoms with E-state index in [4.69, 9.17) is 28.2 Å².